The van der Waals surface area contributed by atoms with Crippen LogP contribution in [-0.4, -0.2) is 82.3 Å². The number of methoxy groups -OCH3 is 2. The second-order valence-electron chi connectivity index (χ2n) is 8.52. The number of hydrogen-bond donors (Lipinski definition) is 1. The highest BCUT2D eigenvalue weighted by Crippen LogP contribution is 2.37. The molecule has 2 aliphatic rings. The van der Waals surface area contributed by atoms with E-state index in [-0.39, 0.29) is 29.9 Å². The molecule has 0 aliphatic carbocycles. The van der Waals surface area contributed by atoms with Crippen molar-refractivity contribution in [3.63, 3.8) is 0 Å². The molecule has 2 aliphatic heterocycles. The van der Waals surface area contributed by atoms with Crippen LogP contribution in [0, 0.1) is 0 Å². The highest BCUT2D eigenvalue weighted by Gasteiger charge is 2.36. The topological polar surface area (TPSA) is 159 Å². The molecule has 3 aromatic heterocycles. The van der Waals surface area contributed by atoms with E-state index in [2.05, 4.69) is 34.9 Å². The summed E-state index contributed by atoms with van der Waals surface area (Å²) in [6.07, 6.45) is 6.48. The van der Waals surface area contributed by atoms with Crippen LogP contribution in [0.3, 0.4) is 0 Å². The largest absolute Gasteiger partial charge is 0.479 e. The van der Waals surface area contributed by atoms with E-state index >= 15 is 0 Å². The first-order chi connectivity index (χ1) is 17.9. The molecule has 14 nitrogen and oxygen atoms in total. The van der Waals surface area contributed by atoms with Crippen molar-refractivity contribution in [3.8, 4) is 17.4 Å². The van der Waals surface area contributed by atoms with E-state index in [1.807, 2.05) is 4.90 Å². The number of ether oxygens (including phenoxy) is 3. The number of aromatic nitrogens is 7. The van der Waals surface area contributed by atoms with Gasteiger partial charge in [0, 0.05) is 19.7 Å². The van der Waals surface area contributed by atoms with Gasteiger partial charge >= 0.3 is 0 Å². The van der Waals surface area contributed by atoms with Crippen LogP contribution in [0.1, 0.15) is 37.6 Å². The van der Waals surface area contributed by atoms with Crippen molar-refractivity contribution in [2.24, 2.45) is 0 Å². The highest BCUT2D eigenvalue weighted by atomic mass is 35.5. The Bertz CT molecular complexity index is 1330. The van der Waals surface area contributed by atoms with Crippen LogP contribution in [0.4, 0.5) is 11.9 Å². The zero-order valence-electron chi connectivity index (χ0n) is 20.2. The zero-order valence-corrected chi connectivity index (χ0v) is 21.8. The number of halogens is 1. The Balaban J connectivity index is 1.50. The lowest BCUT2D eigenvalue weighted by Crippen LogP contribution is -2.45. The van der Waals surface area contributed by atoms with Gasteiger partial charge in [-0.2, -0.15) is 9.97 Å². The smallest absolute Gasteiger partial charge is 0.245 e. The molecule has 5 rings (SSSR count). The van der Waals surface area contributed by atoms with E-state index in [0.29, 0.717) is 49.2 Å². The first kappa shape index (κ1) is 25.4. The summed E-state index contributed by atoms with van der Waals surface area (Å²) >= 11 is 5.90. The van der Waals surface area contributed by atoms with Crippen molar-refractivity contribution in [1.82, 2.24) is 34.7 Å². The molecule has 0 bridgehead atoms. The van der Waals surface area contributed by atoms with E-state index in [4.69, 9.17) is 25.8 Å². The van der Waals surface area contributed by atoms with Crippen molar-refractivity contribution in [3.05, 3.63) is 29.6 Å². The fourth-order valence-corrected chi connectivity index (χ4v) is 5.97. The van der Waals surface area contributed by atoms with Gasteiger partial charge in [0.15, 0.2) is 11.5 Å². The lowest BCUT2D eigenvalue weighted by Gasteiger charge is -2.32. The molecule has 2 saturated heterocycles. The lowest BCUT2D eigenvalue weighted by atomic mass is 10.1. The Hall–Kier alpha value is -3.30. The van der Waals surface area contributed by atoms with Crippen molar-refractivity contribution < 1.29 is 22.6 Å². The van der Waals surface area contributed by atoms with E-state index < -0.39 is 21.4 Å². The van der Waals surface area contributed by atoms with Crippen molar-refractivity contribution >= 4 is 33.5 Å². The first-order valence-electron chi connectivity index (χ1n) is 11.7. The molecule has 0 unspecified atom stereocenters. The molecule has 2 atom stereocenters. The van der Waals surface area contributed by atoms with Crippen molar-refractivity contribution in [2.45, 2.75) is 37.0 Å². The number of nitrogens with zero attached hydrogens (tertiary/aromatic N) is 8. The molecule has 0 radical (unpaired) electrons. The summed E-state index contributed by atoms with van der Waals surface area (Å²) in [5, 5.41) is 8.10. The van der Waals surface area contributed by atoms with Crippen LogP contribution in [0.15, 0.2) is 18.7 Å². The number of piperidine rings is 1. The van der Waals surface area contributed by atoms with Crippen LogP contribution in [0.25, 0.3) is 5.69 Å². The van der Waals surface area contributed by atoms with Gasteiger partial charge in [0.25, 0.3) is 0 Å². The van der Waals surface area contributed by atoms with Gasteiger partial charge in [-0.1, -0.05) is 11.6 Å². The lowest BCUT2D eigenvalue weighted by molar-refractivity contribution is 0.103. The number of nitrogens with one attached hydrogen (secondary N) is 1. The molecule has 198 valence electrons. The first-order valence-corrected chi connectivity index (χ1v) is 13.6. The summed E-state index contributed by atoms with van der Waals surface area (Å²) in [4.78, 5) is 18.6. The second kappa shape index (κ2) is 10.6. The molecule has 5 heterocycles. The Morgan fingerprint density at radius 3 is 2.43 bits per heavy atom. The van der Waals surface area contributed by atoms with E-state index in [1.54, 1.807) is 0 Å². The van der Waals surface area contributed by atoms with Gasteiger partial charge < -0.3 is 19.1 Å². The summed E-state index contributed by atoms with van der Waals surface area (Å²) < 4.78 is 48.1. The van der Waals surface area contributed by atoms with Crippen LogP contribution in [0.2, 0.25) is 5.02 Å². The van der Waals surface area contributed by atoms with Gasteiger partial charge in [-0.3, -0.25) is 9.29 Å². The third-order valence-electron chi connectivity index (χ3n) is 6.21. The Labute approximate surface area is 218 Å². The molecule has 16 heteroatoms. The molecule has 1 N–H and O–H groups in total. The number of hydrogen-bond acceptors (Lipinski definition) is 12. The summed E-state index contributed by atoms with van der Waals surface area (Å²) in [6, 6.07) is 0. The van der Waals surface area contributed by atoms with Crippen LogP contribution in [0.5, 0.6) is 11.8 Å². The van der Waals surface area contributed by atoms with Crippen LogP contribution >= 0.6 is 11.6 Å². The van der Waals surface area contributed by atoms with E-state index in [9.17, 15) is 8.42 Å². The number of sulfonamides is 1. The minimum atomic E-state index is -3.93. The molecule has 0 spiro atoms. The molecule has 3 aromatic rings. The molecule has 37 heavy (non-hydrogen) atoms. The fraction of sp³-hybridized carbons (Fsp3) is 0.524. The Morgan fingerprint density at radius 2 is 1.78 bits per heavy atom. The summed E-state index contributed by atoms with van der Waals surface area (Å²) in [6.45, 7) is 1.39. The number of anilines is 2. The van der Waals surface area contributed by atoms with Gasteiger partial charge in [-0.05, 0) is 25.7 Å². The highest BCUT2D eigenvalue weighted by molar-refractivity contribution is 7.93. The third-order valence-corrected chi connectivity index (χ3v) is 8.14. The third kappa shape index (κ3) is 5.10. The molecule has 2 fully saturated rings. The second-order valence-corrected chi connectivity index (χ2v) is 10.9. The zero-order chi connectivity index (χ0) is 26.0. The fourth-order valence-electron chi connectivity index (χ4n) is 4.46. The summed E-state index contributed by atoms with van der Waals surface area (Å²) in [5.74, 6) is 1.09. The van der Waals surface area contributed by atoms with Gasteiger partial charge in [0.05, 0.1) is 36.9 Å². The Morgan fingerprint density at radius 1 is 1.05 bits per heavy atom. The minimum absolute atomic E-state index is 0.0447. The predicted molar refractivity (Wildman–Crippen MR) is 133 cm³/mol. The average Bonchev–Trinajstić information content (AvgIpc) is 3.58. The van der Waals surface area contributed by atoms with Gasteiger partial charge in [-0.15, -0.1) is 10.2 Å². The number of rotatable bonds is 8. The molecule has 0 saturated carbocycles. The molecule has 0 aromatic carbocycles. The summed E-state index contributed by atoms with van der Waals surface area (Å²) in [7, 11) is -1.03. The Kier molecular flexibility index (Phi) is 7.26. The summed E-state index contributed by atoms with van der Waals surface area (Å²) in [5.41, 5.74) is 0.264. The van der Waals surface area contributed by atoms with E-state index in [0.717, 1.165) is 6.42 Å². The molecule has 0 amide bonds. The maximum atomic E-state index is 13.6. The standard InChI is InChI=1S/C21H26ClN9O5S/c1-34-18-16(19(35-2)26-12-25-18)31-17(15-6-4-8-36-15)27-28-21(31)29-37(32,33)14-5-3-7-30(11-14)20-23-9-13(22)10-24-20/h9-10,12,14-15H,3-8,11H2,1-2H3,(H,28,29)/t14-,15+/m0/s1. The van der Waals surface area contributed by atoms with Crippen molar-refractivity contribution in [1.29, 1.82) is 0 Å². The molecular formula is C21H26ClN9O5S. The van der Waals surface area contributed by atoms with Gasteiger partial charge in [0.2, 0.25) is 33.7 Å². The van der Waals surface area contributed by atoms with Gasteiger partial charge in [0.1, 0.15) is 12.4 Å². The molecular weight excluding hydrogens is 526 g/mol. The SMILES string of the molecule is COc1ncnc(OC)c1-n1c(NS(=O)(=O)[C@H]2CCCN(c3ncc(Cl)cn3)C2)nnc1[C@H]1CCCO1. The van der Waals surface area contributed by atoms with Gasteiger partial charge in [-0.25, -0.2) is 18.4 Å². The average molecular weight is 552 g/mol. The van der Waals surface area contributed by atoms with Crippen LogP contribution < -0.4 is 19.1 Å². The minimum Gasteiger partial charge on any atom is -0.479 e. The quantitative estimate of drug-likeness (QED) is 0.433. The normalized spacial score (nSPS) is 20.1. The maximum Gasteiger partial charge on any atom is 0.245 e. The van der Waals surface area contributed by atoms with Crippen molar-refractivity contribution in [2.75, 3.05) is 43.5 Å². The maximum absolute atomic E-state index is 13.6. The van der Waals surface area contributed by atoms with E-state index in [1.165, 1.54) is 37.5 Å². The van der Waals surface area contributed by atoms with Crippen LogP contribution in [-0.2, 0) is 14.8 Å². The monoisotopic (exact) mass is 551 g/mol. The predicted octanol–water partition coefficient (Wildman–Crippen LogP) is 1.78.